The first-order valence-electron chi connectivity index (χ1n) is 7.96. The highest BCUT2D eigenvalue weighted by molar-refractivity contribution is 8.00. The monoisotopic (exact) mass is 349 g/mol. The zero-order valence-corrected chi connectivity index (χ0v) is 15.3. The lowest BCUT2D eigenvalue weighted by Crippen LogP contribution is -2.31. The number of hydrogen-bond donors (Lipinski definition) is 1. The van der Waals surface area contributed by atoms with Gasteiger partial charge in [-0.2, -0.15) is 0 Å². The number of rotatable bonds is 8. The average Bonchev–Trinajstić information content (AvgIpc) is 3.00. The van der Waals surface area contributed by atoms with Crippen LogP contribution < -0.4 is 10.1 Å². The molecule has 0 fully saturated rings. The molecule has 1 aromatic carbocycles. The summed E-state index contributed by atoms with van der Waals surface area (Å²) in [6, 6.07) is 6.02. The summed E-state index contributed by atoms with van der Waals surface area (Å²) in [6.07, 6.45) is 0.906. The molecule has 0 radical (unpaired) electrons. The number of aryl methyl sites for hydroxylation is 2. The normalized spacial score (nSPS) is 12.0. The molecule has 2 rings (SSSR count). The predicted molar refractivity (Wildman–Crippen MR) is 93.2 cm³/mol. The SMILES string of the molecule is CCCNC(=O)C(C)Sc1nnc(COc2cc(C)ccc2C)o1. The third kappa shape index (κ3) is 5.26. The second-order valence-corrected chi connectivity index (χ2v) is 6.86. The Morgan fingerprint density at radius 1 is 1.38 bits per heavy atom. The van der Waals surface area contributed by atoms with Gasteiger partial charge in [0.05, 0.1) is 5.25 Å². The first-order valence-corrected chi connectivity index (χ1v) is 8.84. The van der Waals surface area contributed by atoms with Crippen molar-refractivity contribution < 1.29 is 13.9 Å². The zero-order valence-electron chi connectivity index (χ0n) is 14.5. The smallest absolute Gasteiger partial charge is 0.277 e. The molecule has 1 N–H and O–H groups in total. The minimum atomic E-state index is -0.287. The maximum atomic E-state index is 11.8. The van der Waals surface area contributed by atoms with Crippen LogP contribution in [-0.2, 0) is 11.4 Å². The van der Waals surface area contributed by atoms with Crippen LogP contribution in [0.4, 0.5) is 0 Å². The third-order valence-corrected chi connectivity index (χ3v) is 4.27. The quantitative estimate of drug-likeness (QED) is 0.737. The van der Waals surface area contributed by atoms with Crippen LogP contribution in [0.3, 0.4) is 0 Å². The first-order chi connectivity index (χ1) is 11.5. The van der Waals surface area contributed by atoms with Gasteiger partial charge < -0.3 is 14.5 Å². The van der Waals surface area contributed by atoms with Crippen LogP contribution >= 0.6 is 11.8 Å². The maximum absolute atomic E-state index is 11.8. The van der Waals surface area contributed by atoms with Gasteiger partial charge in [0, 0.05) is 6.54 Å². The number of aromatic nitrogens is 2. The molecular weight excluding hydrogens is 326 g/mol. The molecule has 2 aromatic rings. The highest BCUT2D eigenvalue weighted by Gasteiger charge is 2.18. The second-order valence-electron chi connectivity index (χ2n) is 5.57. The van der Waals surface area contributed by atoms with Crippen molar-refractivity contribution in [1.82, 2.24) is 15.5 Å². The second kappa shape index (κ2) is 8.73. The fraction of sp³-hybridized carbons (Fsp3) is 0.471. The van der Waals surface area contributed by atoms with Crippen LogP contribution in [0, 0.1) is 13.8 Å². The Kier molecular flexibility index (Phi) is 6.66. The largest absolute Gasteiger partial charge is 0.484 e. The molecule has 130 valence electrons. The molecule has 0 saturated carbocycles. The number of thioether (sulfide) groups is 1. The van der Waals surface area contributed by atoms with E-state index in [9.17, 15) is 4.79 Å². The minimum Gasteiger partial charge on any atom is -0.484 e. The van der Waals surface area contributed by atoms with E-state index in [0.717, 1.165) is 23.3 Å². The number of amides is 1. The van der Waals surface area contributed by atoms with E-state index < -0.39 is 0 Å². The maximum Gasteiger partial charge on any atom is 0.277 e. The number of carbonyl (C=O) groups is 1. The highest BCUT2D eigenvalue weighted by Crippen LogP contribution is 2.23. The van der Waals surface area contributed by atoms with Crippen molar-refractivity contribution in [3.05, 3.63) is 35.2 Å². The van der Waals surface area contributed by atoms with Gasteiger partial charge in [-0.25, -0.2) is 0 Å². The number of ether oxygens (including phenoxy) is 1. The van der Waals surface area contributed by atoms with Gasteiger partial charge >= 0.3 is 0 Å². The number of hydrogen-bond acceptors (Lipinski definition) is 6. The van der Waals surface area contributed by atoms with Crippen molar-refractivity contribution in [2.24, 2.45) is 0 Å². The summed E-state index contributed by atoms with van der Waals surface area (Å²) in [5, 5.41) is 10.8. The summed E-state index contributed by atoms with van der Waals surface area (Å²) in [5.74, 6) is 1.16. The molecule has 1 atom stereocenters. The molecule has 6 nitrogen and oxygen atoms in total. The van der Waals surface area contributed by atoms with Crippen LogP contribution in [0.2, 0.25) is 0 Å². The van der Waals surface area contributed by atoms with Crippen molar-refractivity contribution in [3.8, 4) is 5.75 Å². The van der Waals surface area contributed by atoms with E-state index in [1.54, 1.807) is 0 Å². The molecule has 24 heavy (non-hydrogen) atoms. The Labute approximate surface area is 146 Å². The highest BCUT2D eigenvalue weighted by atomic mass is 32.2. The topological polar surface area (TPSA) is 77.2 Å². The Bertz CT molecular complexity index is 687. The van der Waals surface area contributed by atoms with E-state index >= 15 is 0 Å². The van der Waals surface area contributed by atoms with Gasteiger partial charge in [-0.1, -0.05) is 30.8 Å². The van der Waals surface area contributed by atoms with Crippen LogP contribution in [0.15, 0.2) is 27.8 Å². The van der Waals surface area contributed by atoms with E-state index in [0.29, 0.717) is 17.7 Å². The van der Waals surface area contributed by atoms with Crippen LogP contribution in [0.1, 0.15) is 37.3 Å². The summed E-state index contributed by atoms with van der Waals surface area (Å²) in [4.78, 5) is 11.8. The van der Waals surface area contributed by atoms with Gasteiger partial charge in [0.25, 0.3) is 11.1 Å². The van der Waals surface area contributed by atoms with E-state index in [1.165, 1.54) is 11.8 Å². The van der Waals surface area contributed by atoms with Crippen molar-refractivity contribution >= 4 is 17.7 Å². The summed E-state index contributed by atoms with van der Waals surface area (Å²) >= 11 is 1.24. The molecule has 0 spiro atoms. The van der Waals surface area contributed by atoms with E-state index in [-0.39, 0.29) is 17.8 Å². The number of carbonyl (C=O) groups excluding carboxylic acids is 1. The lowest BCUT2D eigenvalue weighted by atomic mass is 10.1. The van der Waals surface area contributed by atoms with Crippen molar-refractivity contribution in [3.63, 3.8) is 0 Å². The van der Waals surface area contributed by atoms with Crippen LogP contribution in [0.25, 0.3) is 0 Å². The van der Waals surface area contributed by atoms with Crippen molar-refractivity contribution in [2.75, 3.05) is 6.54 Å². The first kappa shape index (κ1) is 18.3. The molecule has 7 heteroatoms. The predicted octanol–water partition coefficient (Wildman–Crippen LogP) is 3.27. The lowest BCUT2D eigenvalue weighted by Gasteiger charge is -2.08. The molecule has 0 aliphatic carbocycles. The van der Waals surface area contributed by atoms with E-state index in [2.05, 4.69) is 15.5 Å². The number of nitrogens with one attached hydrogen (secondary N) is 1. The minimum absolute atomic E-state index is 0.0340. The van der Waals surface area contributed by atoms with E-state index in [4.69, 9.17) is 9.15 Å². The lowest BCUT2D eigenvalue weighted by molar-refractivity contribution is -0.120. The van der Waals surface area contributed by atoms with Gasteiger partial charge in [0.2, 0.25) is 5.91 Å². The van der Waals surface area contributed by atoms with E-state index in [1.807, 2.05) is 45.9 Å². The van der Waals surface area contributed by atoms with Crippen LogP contribution in [-0.4, -0.2) is 27.9 Å². The summed E-state index contributed by atoms with van der Waals surface area (Å²) in [7, 11) is 0. The Morgan fingerprint density at radius 3 is 2.92 bits per heavy atom. The zero-order chi connectivity index (χ0) is 17.5. The van der Waals surface area contributed by atoms with Crippen molar-refractivity contribution in [1.29, 1.82) is 0 Å². The number of nitrogens with zero attached hydrogens (tertiary/aromatic N) is 2. The van der Waals surface area contributed by atoms with Crippen LogP contribution in [0.5, 0.6) is 5.75 Å². The standard InChI is InChI=1S/C17H23N3O3S/c1-5-8-18-16(21)13(4)24-17-20-19-15(23-17)10-22-14-9-11(2)6-7-12(14)3/h6-7,9,13H,5,8,10H2,1-4H3,(H,18,21). The molecule has 1 unspecified atom stereocenters. The van der Waals surface area contributed by atoms with Gasteiger partial charge in [0.15, 0.2) is 6.61 Å². The summed E-state index contributed by atoms with van der Waals surface area (Å²) < 4.78 is 11.3. The molecule has 1 heterocycles. The summed E-state index contributed by atoms with van der Waals surface area (Å²) in [5.41, 5.74) is 2.18. The fourth-order valence-electron chi connectivity index (χ4n) is 1.94. The molecular formula is C17H23N3O3S. The van der Waals surface area contributed by atoms with Gasteiger partial charge in [0.1, 0.15) is 5.75 Å². The fourth-order valence-corrected chi connectivity index (χ4v) is 2.67. The Balaban J connectivity index is 1.89. The molecule has 1 aromatic heterocycles. The van der Waals surface area contributed by atoms with Crippen molar-refractivity contribution in [2.45, 2.75) is 51.2 Å². The molecule has 0 aliphatic rings. The number of benzene rings is 1. The average molecular weight is 349 g/mol. The van der Waals surface area contributed by atoms with Gasteiger partial charge in [-0.15, -0.1) is 10.2 Å². The van der Waals surface area contributed by atoms with Gasteiger partial charge in [-0.05, 0) is 44.4 Å². The Morgan fingerprint density at radius 2 is 2.17 bits per heavy atom. The molecule has 0 bridgehead atoms. The molecule has 1 amide bonds. The van der Waals surface area contributed by atoms with Gasteiger partial charge in [-0.3, -0.25) is 4.79 Å². The Hall–Kier alpha value is -2.02. The summed E-state index contributed by atoms with van der Waals surface area (Å²) in [6.45, 7) is 8.69. The molecule has 0 saturated heterocycles. The third-order valence-electron chi connectivity index (χ3n) is 3.34. The molecule has 0 aliphatic heterocycles.